The number of carbonyl (C=O) groups is 1. The van der Waals surface area contributed by atoms with Gasteiger partial charge in [-0.3, -0.25) is 4.79 Å². The van der Waals surface area contributed by atoms with E-state index in [9.17, 15) is 4.79 Å². The topological polar surface area (TPSA) is 69.0 Å². The first-order valence-corrected chi connectivity index (χ1v) is 11.0. The van der Waals surface area contributed by atoms with E-state index in [0.717, 1.165) is 23.2 Å². The highest BCUT2D eigenvalue weighted by atomic mass is 35.5. The van der Waals surface area contributed by atoms with Gasteiger partial charge in [0.15, 0.2) is 6.61 Å². The molecule has 0 unspecified atom stereocenters. The molecule has 0 saturated heterocycles. The zero-order chi connectivity index (χ0) is 22.5. The highest BCUT2D eigenvalue weighted by Gasteiger charge is 2.11. The molecule has 1 amide bonds. The molecule has 0 aliphatic carbocycles. The maximum Gasteiger partial charge on any atom is 0.262 e. The molecule has 0 bridgehead atoms. The predicted octanol–water partition coefficient (Wildman–Crippen LogP) is 5.74. The summed E-state index contributed by atoms with van der Waals surface area (Å²) in [6, 6.07) is 19.0. The van der Waals surface area contributed by atoms with Crippen LogP contribution in [0.2, 0.25) is 5.02 Å². The summed E-state index contributed by atoms with van der Waals surface area (Å²) in [5, 5.41) is 12.7. The van der Waals surface area contributed by atoms with Gasteiger partial charge in [-0.2, -0.15) is 4.80 Å². The molecule has 4 aromatic rings. The molecule has 0 aliphatic heterocycles. The van der Waals surface area contributed by atoms with Gasteiger partial charge in [0.05, 0.1) is 5.69 Å². The van der Waals surface area contributed by atoms with E-state index in [1.165, 1.54) is 18.4 Å². The first-order valence-electron chi connectivity index (χ1n) is 10.7. The fourth-order valence-corrected chi connectivity index (χ4v) is 3.49. The van der Waals surface area contributed by atoms with Gasteiger partial charge >= 0.3 is 0 Å². The molecule has 1 N–H and O–H groups in total. The van der Waals surface area contributed by atoms with Gasteiger partial charge in [-0.15, -0.1) is 10.2 Å². The Bertz CT molecular complexity index is 1220. The van der Waals surface area contributed by atoms with Crippen LogP contribution in [0.1, 0.15) is 30.9 Å². The monoisotopic (exact) mass is 448 g/mol. The smallest absolute Gasteiger partial charge is 0.262 e. The summed E-state index contributed by atoms with van der Waals surface area (Å²) in [6.07, 6.45) is 3.44. The minimum absolute atomic E-state index is 0.101. The van der Waals surface area contributed by atoms with Crippen molar-refractivity contribution in [2.24, 2.45) is 0 Å². The Balaban J connectivity index is 1.46. The molecule has 0 spiro atoms. The molecule has 32 heavy (non-hydrogen) atoms. The number of rotatable bonds is 8. The maximum absolute atomic E-state index is 12.4. The van der Waals surface area contributed by atoms with Crippen LogP contribution in [0.3, 0.4) is 0 Å². The third-order valence-corrected chi connectivity index (χ3v) is 5.42. The fraction of sp³-hybridized carbons (Fsp3) is 0.240. The molecule has 0 radical (unpaired) electrons. The lowest BCUT2D eigenvalue weighted by atomic mass is 10.1. The normalized spacial score (nSPS) is 11.0. The first kappa shape index (κ1) is 21.8. The van der Waals surface area contributed by atoms with Crippen molar-refractivity contribution >= 4 is 34.2 Å². The van der Waals surface area contributed by atoms with Crippen molar-refractivity contribution in [3.63, 3.8) is 0 Å². The van der Waals surface area contributed by atoms with Crippen LogP contribution in [0.15, 0.2) is 60.7 Å². The van der Waals surface area contributed by atoms with Crippen molar-refractivity contribution in [1.29, 1.82) is 0 Å². The van der Waals surface area contributed by atoms with Gasteiger partial charge in [0.2, 0.25) is 0 Å². The maximum atomic E-state index is 12.4. The number of aryl methyl sites for hydroxylation is 2. The summed E-state index contributed by atoms with van der Waals surface area (Å²) in [7, 11) is 0. The third-order valence-electron chi connectivity index (χ3n) is 5.17. The SMILES string of the molecule is CCCCc1ccc(-n2nc3cc(C)c(NC(=O)COc4ccc(Cl)cc4)cc3n2)cc1. The molecule has 0 atom stereocenters. The van der Waals surface area contributed by atoms with Gasteiger partial charge in [-0.25, -0.2) is 0 Å². The van der Waals surface area contributed by atoms with Crippen molar-refractivity contribution in [1.82, 2.24) is 15.0 Å². The zero-order valence-corrected chi connectivity index (χ0v) is 18.9. The Morgan fingerprint density at radius 2 is 1.72 bits per heavy atom. The predicted molar refractivity (Wildman–Crippen MR) is 128 cm³/mol. The van der Waals surface area contributed by atoms with Crippen LogP contribution >= 0.6 is 11.6 Å². The number of anilines is 1. The molecule has 1 aromatic heterocycles. The minimum atomic E-state index is -0.252. The van der Waals surface area contributed by atoms with Gasteiger partial charge in [0, 0.05) is 10.7 Å². The molecule has 0 aliphatic rings. The van der Waals surface area contributed by atoms with Crippen LogP contribution in [0, 0.1) is 6.92 Å². The average molecular weight is 449 g/mol. The van der Waals surface area contributed by atoms with Crippen LogP contribution in [0.5, 0.6) is 5.75 Å². The van der Waals surface area contributed by atoms with E-state index in [-0.39, 0.29) is 12.5 Å². The number of nitrogens with zero attached hydrogens (tertiary/aromatic N) is 3. The second-order valence-electron chi connectivity index (χ2n) is 7.71. The average Bonchev–Trinajstić information content (AvgIpc) is 3.20. The van der Waals surface area contributed by atoms with Gasteiger partial charge in [0.25, 0.3) is 5.91 Å². The van der Waals surface area contributed by atoms with Crippen molar-refractivity contribution in [3.05, 3.63) is 76.8 Å². The molecule has 164 valence electrons. The molecule has 0 saturated carbocycles. The van der Waals surface area contributed by atoms with Gasteiger partial charge < -0.3 is 10.1 Å². The van der Waals surface area contributed by atoms with Gasteiger partial charge in [-0.1, -0.05) is 37.1 Å². The zero-order valence-electron chi connectivity index (χ0n) is 18.1. The second kappa shape index (κ2) is 9.83. The number of nitrogens with one attached hydrogen (secondary N) is 1. The van der Waals surface area contributed by atoms with E-state index >= 15 is 0 Å². The lowest BCUT2D eigenvalue weighted by molar-refractivity contribution is -0.118. The summed E-state index contributed by atoms with van der Waals surface area (Å²) in [6.45, 7) is 4.02. The summed E-state index contributed by atoms with van der Waals surface area (Å²) < 4.78 is 5.52. The molecule has 7 heteroatoms. The number of aromatic nitrogens is 3. The van der Waals surface area contributed by atoms with Crippen molar-refractivity contribution in [2.45, 2.75) is 33.1 Å². The summed E-state index contributed by atoms with van der Waals surface area (Å²) in [4.78, 5) is 14.0. The van der Waals surface area contributed by atoms with Crippen LogP contribution in [-0.2, 0) is 11.2 Å². The van der Waals surface area contributed by atoms with Crippen LogP contribution < -0.4 is 10.1 Å². The van der Waals surface area contributed by atoms with Gasteiger partial charge in [-0.05, 0) is 79.4 Å². The van der Waals surface area contributed by atoms with E-state index in [0.29, 0.717) is 22.0 Å². The van der Waals surface area contributed by atoms with E-state index in [4.69, 9.17) is 16.3 Å². The summed E-state index contributed by atoms with van der Waals surface area (Å²) in [5.74, 6) is 0.331. The van der Waals surface area contributed by atoms with Crippen LogP contribution in [0.25, 0.3) is 16.7 Å². The third kappa shape index (κ3) is 5.26. The van der Waals surface area contributed by atoms with Gasteiger partial charge in [0.1, 0.15) is 16.8 Å². The molecule has 3 aromatic carbocycles. The number of unbranched alkanes of at least 4 members (excludes halogenated alkanes) is 1. The lowest BCUT2D eigenvalue weighted by Crippen LogP contribution is -2.20. The Kier molecular flexibility index (Phi) is 6.71. The summed E-state index contributed by atoms with van der Waals surface area (Å²) >= 11 is 5.87. The Morgan fingerprint density at radius 1 is 1.03 bits per heavy atom. The number of benzene rings is 3. The van der Waals surface area contributed by atoms with Crippen molar-refractivity contribution in [2.75, 3.05) is 11.9 Å². The van der Waals surface area contributed by atoms with E-state index in [2.05, 4.69) is 34.6 Å². The van der Waals surface area contributed by atoms with Crippen LogP contribution in [0.4, 0.5) is 5.69 Å². The number of hydrogen-bond acceptors (Lipinski definition) is 4. The fourth-order valence-electron chi connectivity index (χ4n) is 3.36. The van der Waals surface area contributed by atoms with Crippen LogP contribution in [-0.4, -0.2) is 27.5 Å². The number of carbonyl (C=O) groups excluding carboxylic acids is 1. The molecule has 1 heterocycles. The highest BCUT2D eigenvalue weighted by molar-refractivity contribution is 6.30. The van der Waals surface area contributed by atoms with Crippen molar-refractivity contribution in [3.8, 4) is 11.4 Å². The number of hydrogen-bond donors (Lipinski definition) is 1. The Morgan fingerprint density at radius 3 is 2.41 bits per heavy atom. The molecule has 4 rings (SSSR count). The number of halogens is 1. The standard InChI is InChI=1S/C25H25ClN4O2/c1-3-4-5-18-6-10-20(11-7-18)30-28-23-14-17(2)22(15-24(23)29-30)27-25(31)16-32-21-12-8-19(26)9-13-21/h6-15H,3-5,16H2,1-2H3,(H,27,31). The molecular weight excluding hydrogens is 424 g/mol. The number of fused-ring (bicyclic) bond motifs is 1. The van der Waals surface area contributed by atoms with E-state index < -0.39 is 0 Å². The number of ether oxygens (including phenoxy) is 1. The minimum Gasteiger partial charge on any atom is -0.484 e. The highest BCUT2D eigenvalue weighted by Crippen LogP contribution is 2.23. The Hall–Kier alpha value is -3.38. The second-order valence-corrected chi connectivity index (χ2v) is 8.14. The van der Waals surface area contributed by atoms with E-state index in [1.54, 1.807) is 29.1 Å². The lowest BCUT2D eigenvalue weighted by Gasteiger charge is -2.09. The van der Waals surface area contributed by atoms with E-state index in [1.807, 2.05) is 31.2 Å². The summed E-state index contributed by atoms with van der Waals surface area (Å²) in [5.41, 5.74) is 5.28. The molecule has 0 fully saturated rings. The molecular formula is C25H25ClN4O2. The number of amides is 1. The molecule has 6 nitrogen and oxygen atoms in total. The largest absolute Gasteiger partial charge is 0.484 e. The van der Waals surface area contributed by atoms with Crippen molar-refractivity contribution < 1.29 is 9.53 Å². The first-order chi connectivity index (χ1) is 15.5. The quantitative estimate of drug-likeness (QED) is 0.373. The Labute approximate surface area is 192 Å².